The molecule has 0 radical (unpaired) electrons. The fourth-order valence-corrected chi connectivity index (χ4v) is 3.13. The van der Waals surface area contributed by atoms with Crippen LogP contribution in [0.15, 0.2) is 72.4 Å². The van der Waals surface area contributed by atoms with Crippen LogP contribution in [0.5, 0.6) is 0 Å². The topological polar surface area (TPSA) is 79.6 Å². The summed E-state index contributed by atoms with van der Waals surface area (Å²) in [5.41, 5.74) is 3.49. The minimum Gasteiger partial charge on any atom is -0.333 e. The van der Waals surface area contributed by atoms with Gasteiger partial charge in [-0.25, -0.2) is 9.99 Å². The van der Waals surface area contributed by atoms with Gasteiger partial charge in [-0.2, -0.15) is 5.10 Å². The summed E-state index contributed by atoms with van der Waals surface area (Å²) in [7, 11) is 0. The van der Waals surface area contributed by atoms with Gasteiger partial charge < -0.3 is 9.88 Å². The maximum atomic E-state index is 12.9. The third-order valence-corrected chi connectivity index (χ3v) is 4.44. The van der Waals surface area contributed by atoms with E-state index in [0.717, 1.165) is 11.3 Å². The zero-order valence-electron chi connectivity index (χ0n) is 15.4. The Morgan fingerprint density at radius 2 is 2.04 bits per heavy atom. The van der Waals surface area contributed by atoms with Gasteiger partial charge in [-0.05, 0) is 36.8 Å². The molecule has 3 aromatic rings. The highest BCUT2D eigenvalue weighted by Crippen LogP contribution is 2.24. The normalized spacial score (nSPS) is 13.5. The second kappa shape index (κ2) is 7.48. The Morgan fingerprint density at radius 3 is 2.79 bits per heavy atom. The first-order valence-corrected chi connectivity index (χ1v) is 8.92. The lowest BCUT2D eigenvalue weighted by Crippen LogP contribution is -2.20. The standard InChI is InChI=1S/C21H19N5O2/c1-15-11-20(27)26(24-15)18-7-4-6-17(12-18)23-21(28)19-8-3-2-5-16(19)13-25-10-9-22-14-25/h2-10,12,14H,11,13H2,1H3,(H,23,28). The van der Waals surface area contributed by atoms with Crippen molar-refractivity contribution in [1.29, 1.82) is 0 Å². The second-order valence-corrected chi connectivity index (χ2v) is 6.61. The van der Waals surface area contributed by atoms with E-state index in [2.05, 4.69) is 15.4 Å². The van der Waals surface area contributed by atoms with Crippen LogP contribution in [0, 0.1) is 0 Å². The second-order valence-electron chi connectivity index (χ2n) is 6.61. The van der Waals surface area contributed by atoms with Crippen LogP contribution in [0.4, 0.5) is 11.4 Å². The summed E-state index contributed by atoms with van der Waals surface area (Å²) >= 11 is 0. The molecule has 1 aliphatic heterocycles. The number of benzene rings is 2. The van der Waals surface area contributed by atoms with Gasteiger partial charge in [-0.3, -0.25) is 9.59 Å². The highest BCUT2D eigenvalue weighted by atomic mass is 16.2. The van der Waals surface area contributed by atoms with Crippen molar-refractivity contribution in [3.8, 4) is 0 Å². The molecule has 0 unspecified atom stereocenters. The smallest absolute Gasteiger partial charge is 0.256 e. The number of carbonyl (C=O) groups excluding carboxylic acids is 2. The highest BCUT2D eigenvalue weighted by molar-refractivity contribution is 6.12. The van der Waals surface area contributed by atoms with E-state index in [1.165, 1.54) is 5.01 Å². The summed E-state index contributed by atoms with van der Waals surface area (Å²) in [6.45, 7) is 2.38. The Morgan fingerprint density at radius 1 is 1.18 bits per heavy atom. The Bertz CT molecular complexity index is 1060. The molecule has 0 fully saturated rings. The summed E-state index contributed by atoms with van der Waals surface area (Å²) in [4.78, 5) is 29.0. The van der Waals surface area contributed by atoms with Crippen molar-refractivity contribution in [2.45, 2.75) is 19.9 Å². The van der Waals surface area contributed by atoms with Crippen molar-refractivity contribution in [2.24, 2.45) is 5.10 Å². The summed E-state index contributed by atoms with van der Waals surface area (Å²) in [6.07, 6.45) is 5.59. The molecule has 2 heterocycles. The van der Waals surface area contributed by atoms with E-state index in [9.17, 15) is 9.59 Å². The van der Waals surface area contributed by atoms with Gasteiger partial charge >= 0.3 is 0 Å². The molecule has 1 aromatic heterocycles. The Labute approximate surface area is 162 Å². The highest BCUT2D eigenvalue weighted by Gasteiger charge is 2.23. The van der Waals surface area contributed by atoms with Crippen molar-refractivity contribution in [2.75, 3.05) is 10.3 Å². The molecular weight excluding hydrogens is 354 g/mol. The lowest BCUT2D eigenvalue weighted by molar-refractivity contribution is -0.116. The van der Waals surface area contributed by atoms with E-state index in [-0.39, 0.29) is 11.8 Å². The van der Waals surface area contributed by atoms with Crippen LogP contribution >= 0.6 is 0 Å². The van der Waals surface area contributed by atoms with Crippen LogP contribution in [0.1, 0.15) is 29.3 Å². The number of nitrogens with zero attached hydrogens (tertiary/aromatic N) is 4. The molecule has 28 heavy (non-hydrogen) atoms. The quantitative estimate of drug-likeness (QED) is 0.745. The minimum atomic E-state index is -0.208. The van der Waals surface area contributed by atoms with Crippen molar-refractivity contribution < 1.29 is 9.59 Å². The maximum absolute atomic E-state index is 12.9. The van der Waals surface area contributed by atoms with Crippen LogP contribution < -0.4 is 10.3 Å². The molecule has 7 heteroatoms. The van der Waals surface area contributed by atoms with Crippen molar-refractivity contribution in [1.82, 2.24) is 9.55 Å². The van der Waals surface area contributed by atoms with Gasteiger partial charge in [-0.15, -0.1) is 0 Å². The molecule has 0 aliphatic carbocycles. The summed E-state index contributed by atoms with van der Waals surface area (Å²) < 4.78 is 1.91. The van der Waals surface area contributed by atoms with Crippen LogP contribution in [0.3, 0.4) is 0 Å². The average molecular weight is 373 g/mol. The molecule has 0 saturated carbocycles. The summed E-state index contributed by atoms with van der Waals surface area (Å²) in [5, 5.41) is 8.54. The van der Waals surface area contributed by atoms with Gasteiger partial charge in [0.05, 0.1) is 18.4 Å². The van der Waals surface area contributed by atoms with Crippen LogP contribution in [-0.2, 0) is 11.3 Å². The predicted octanol–water partition coefficient (Wildman–Crippen LogP) is 3.30. The molecule has 0 saturated heterocycles. The number of hydrogen-bond acceptors (Lipinski definition) is 4. The molecule has 2 amide bonds. The van der Waals surface area contributed by atoms with E-state index in [1.807, 2.05) is 35.9 Å². The van der Waals surface area contributed by atoms with Gasteiger partial charge in [0.15, 0.2) is 0 Å². The Kier molecular flexibility index (Phi) is 4.72. The number of hydrazone groups is 1. The van der Waals surface area contributed by atoms with E-state index < -0.39 is 0 Å². The predicted molar refractivity (Wildman–Crippen MR) is 107 cm³/mol. The zero-order chi connectivity index (χ0) is 19.5. The van der Waals surface area contributed by atoms with E-state index >= 15 is 0 Å². The molecule has 2 aromatic carbocycles. The summed E-state index contributed by atoms with van der Waals surface area (Å²) in [5.74, 6) is -0.285. The van der Waals surface area contributed by atoms with Gasteiger partial charge in [0, 0.05) is 35.9 Å². The Hall–Kier alpha value is -3.74. The number of hydrogen-bond donors (Lipinski definition) is 1. The molecular formula is C21H19N5O2. The molecule has 7 nitrogen and oxygen atoms in total. The van der Waals surface area contributed by atoms with Gasteiger partial charge in [0.2, 0.25) is 0 Å². The fraction of sp³-hybridized carbons (Fsp3) is 0.143. The molecule has 4 rings (SSSR count). The monoisotopic (exact) mass is 373 g/mol. The largest absolute Gasteiger partial charge is 0.333 e. The molecule has 1 N–H and O–H groups in total. The maximum Gasteiger partial charge on any atom is 0.256 e. The van der Waals surface area contributed by atoms with Crippen molar-refractivity contribution in [3.63, 3.8) is 0 Å². The number of imidazole rings is 1. The number of nitrogens with one attached hydrogen (secondary N) is 1. The van der Waals surface area contributed by atoms with E-state index in [0.29, 0.717) is 29.9 Å². The number of aromatic nitrogens is 2. The van der Waals surface area contributed by atoms with E-state index in [1.54, 1.807) is 42.9 Å². The van der Waals surface area contributed by atoms with Gasteiger partial charge in [-0.1, -0.05) is 24.3 Å². The van der Waals surface area contributed by atoms with Crippen molar-refractivity contribution >= 4 is 28.9 Å². The zero-order valence-corrected chi connectivity index (χ0v) is 15.4. The SMILES string of the molecule is CC1=NN(c2cccc(NC(=O)c3ccccc3Cn3ccnc3)c2)C(=O)C1. The third kappa shape index (κ3) is 3.68. The molecule has 140 valence electrons. The lowest BCUT2D eigenvalue weighted by Gasteiger charge is -2.14. The number of anilines is 2. The van der Waals surface area contributed by atoms with Crippen LogP contribution in [0.2, 0.25) is 0 Å². The van der Waals surface area contributed by atoms with Crippen LogP contribution in [0.25, 0.3) is 0 Å². The molecule has 0 atom stereocenters. The number of amides is 2. The third-order valence-electron chi connectivity index (χ3n) is 4.44. The fourth-order valence-electron chi connectivity index (χ4n) is 3.13. The molecule has 0 spiro atoms. The van der Waals surface area contributed by atoms with Gasteiger partial charge in [0.25, 0.3) is 11.8 Å². The summed E-state index contributed by atoms with van der Waals surface area (Å²) in [6, 6.07) is 14.6. The first-order valence-electron chi connectivity index (χ1n) is 8.92. The van der Waals surface area contributed by atoms with Crippen molar-refractivity contribution in [3.05, 3.63) is 78.4 Å². The first-order chi connectivity index (χ1) is 13.6. The number of rotatable bonds is 5. The Balaban J connectivity index is 1.55. The minimum absolute atomic E-state index is 0.0772. The van der Waals surface area contributed by atoms with E-state index in [4.69, 9.17) is 0 Å². The lowest BCUT2D eigenvalue weighted by atomic mass is 10.1. The number of carbonyl (C=O) groups is 2. The van der Waals surface area contributed by atoms with Gasteiger partial charge in [0.1, 0.15) is 0 Å². The molecule has 0 bridgehead atoms. The van der Waals surface area contributed by atoms with Crippen LogP contribution in [-0.4, -0.2) is 27.1 Å². The molecule has 1 aliphatic rings. The average Bonchev–Trinajstić information content (AvgIpc) is 3.31. The first kappa shape index (κ1) is 17.7.